The summed E-state index contributed by atoms with van der Waals surface area (Å²) in [4.78, 5) is 21.1. The smallest absolute Gasteiger partial charge is 0.257 e. The van der Waals surface area contributed by atoms with Crippen molar-refractivity contribution in [3.8, 4) is 17.1 Å². The van der Waals surface area contributed by atoms with E-state index >= 15 is 0 Å². The van der Waals surface area contributed by atoms with E-state index in [1.807, 2.05) is 6.07 Å². The fraction of sp³-hybridized carbons (Fsp3) is 0.100. The molecule has 1 N–H and O–H groups in total. The van der Waals surface area contributed by atoms with E-state index in [4.69, 9.17) is 16.1 Å². The van der Waals surface area contributed by atoms with E-state index < -0.39 is 11.7 Å². The molecule has 0 unspecified atom stereocenters. The van der Waals surface area contributed by atoms with Gasteiger partial charge in [0.05, 0.1) is 10.6 Å². The number of carbonyl (C=O) groups is 1. The first kappa shape index (κ1) is 18.8. The third-order valence-electron chi connectivity index (χ3n) is 4.32. The molecule has 29 heavy (non-hydrogen) atoms. The van der Waals surface area contributed by atoms with Gasteiger partial charge in [0.15, 0.2) is 0 Å². The molecule has 146 valence electrons. The topological polar surface area (TPSA) is 85.8 Å². The molecule has 0 fully saturated rings. The third-order valence-corrected chi connectivity index (χ3v) is 4.64. The number of aromatic nitrogens is 4. The second kappa shape index (κ2) is 7.84. The summed E-state index contributed by atoms with van der Waals surface area (Å²) >= 11 is 6.12. The highest BCUT2D eigenvalue weighted by Gasteiger charge is 2.25. The first-order chi connectivity index (χ1) is 14.0. The van der Waals surface area contributed by atoms with Crippen LogP contribution in [0.1, 0.15) is 21.7 Å². The second-order valence-corrected chi connectivity index (χ2v) is 6.64. The number of halogens is 2. The van der Waals surface area contributed by atoms with Gasteiger partial charge in [0.1, 0.15) is 35.0 Å². The van der Waals surface area contributed by atoms with Gasteiger partial charge in [0.2, 0.25) is 0 Å². The average molecular weight is 412 g/mol. The first-order valence-electron chi connectivity index (χ1n) is 8.66. The minimum atomic E-state index is -0.584. The molecule has 0 aliphatic carbocycles. The van der Waals surface area contributed by atoms with Gasteiger partial charge in [-0.25, -0.2) is 14.4 Å². The lowest BCUT2D eigenvalue weighted by Crippen LogP contribution is -2.24. The van der Waals surface area contributed by atoms with Gasteiger partial charge in [-0.3, -0.25) is 9.36 Å². The Morgan fingerprint density at radius 2 is 2.17 bits per heavy atom. The van der Waals surface area contributed by atoms with E-state index in [0.717, 1.165) is 5.56 Å². The highest BCUT2D eigenvalue weighted by molar-refractivity contribution is 6.33. The number of hydrogen-bond acceptors (Lipinski definition) is 5. The van der Waals surface area contributed by atoms with Crippen LogP contribution in [0.25, 0.3) is 17.1 Å². The van der Waals surface area contributed by atoms with Crippen LogP contribution in [0.3, 0.4) is 0 Å². The molecule has 0 aliphatic heterocycles. The van der Waals surface area contributed by atoms with Gasteiger partial charge in [-0.15, -0.1) is 0 Å². The Morgan fingerprint density at radius 3 is 2.93 bits per heavy atom. The molecule has 1 aromatic carbocycles. The van der Waals surface area contributed by atoms with Gasteiger partial charge in [-0.05, 0) is 36.8 Å². The maximum absolute atomic E-state index is 14.3. The van der Waals surface area contributed by atoms with Gasteiger partial charge in [-0.2, -0.15) is 0 Å². The van der Waals surface area contributed by atoms with Crippen molar-refractivity contribution in [3.05, 3.63) is 83.0 Å². The molecule has 0 atom stereocenters. The number of imidazole rings is 1. The van der Waals surface area contributed by atoms with E-state index in [1.54, 1.807) is 42.5 Å². The molecule has 0 saturated carbocycles. The fourth-order valence-corrected chi connectivity index (χ4v) is 3.16. The molecule has 0 saturated heterocycles. The van der Waals surface area contributed by atoms with E-state index in [-0.39, 0.29) is 34.1 Å². The van der Waals surface area contributed by atoms with Gasteiger partial charge < -0.3 is 9.84 Å². The maximum Gasteiger partial charge on any atom is 0.257 e. The van der Waals surface area contributed by atoms with Crippen LogP contribution in [-0.4, -0.2) is 25.6 Å². The number of rotatable bonds is 5. The number of nitrogens with zero attached hydrogens (tertiary/aromatic N) is 4. The molecule has 0 aliphatic rings. The Balaban J connectivity index is 1.58. The molecule has 7 nitrogen and oxygen atoms in total. The maximum atomic E-state index is 14.3. The Labute approximate surface area is 170 Å². The predicted molar refractivity (Wildman–Crippen MR) is 104 cm³/mol. The van der Waals surface area contributed by atoms with Crippen LogP contribution >= 0.6 is 11.6 Å². The quantitative estimate of drug-likeness (QED) is 0.537. The summed E-state index contributed by atoms with van der Waals surface area (Å²) in [7, 11) is 0. The van der Waals surface area contributed by atoms with Crippen LogP contribution in [0.5, 0.6) is 0 Å². The number of nitrogens with one attached hydrogen (secondary N) is 1. The zero-order valence-corrected chi connectivity index (χ0v) is 16.0. The highest BCUT2D eigenvalue weighted by atomic mass is 35.5. The summed E-state index contributed by atoms with van der Waals surface area (Å²) in [6.07, 6.45) is 6.71. The van der Waals surface area contributed by atoms with Crippen molar-refractivity contribution < 1.29 is 13.7 Å². The first-order valence-corrected chi connectivity index (χ1v) is 9.04. The molecular formula is C20H15ClFN5O2. The van der Waals surface area contributed by atoms with Crippen molar-refractivity contribution in [2.45, 2.75) is 13.5 Å². The molecule has 4 rings (SSSR count). The van der Waals surface area contributed by atoms with Crippen molar-refractivity contribution in [3.63, 3.8) is 0 Å². The van der Waals surface area contributed by atoms with Gasteiger partial charge in [0, 0.05) is 25.1 Å². The largest absolute Gasteiger partial charge is 0.360 e. The van der Waals surface area contributed by atoms with Crippen LogP contribution < -0.4 is 5.32 Å². The van der Waals surface area contributed by atoms with Crippen molar-refractivity contribution in [2.24, 2.45) is 0 Å². The summed E-state index contributed by atoms with van der Waals surface area (Å²) in [5.74, 6) is -0.0853. The number of carbonyl (C=O) groups excluding carboxylic acids is 1. The number of benzene rings is 1. The van der Waals surface area contributed by atoms with Gasteiger partial charge in [-0.1, -0.05) is 22.8 Å². The monoisotopic (exact) mass is 411 g/mol. The van der Waals surface area contributed by atoms with Crippen LogP contribution in [0.15, 0.2) is 59.8 Å². The number of amides is 1. The van der Waals surface area contributed by atoms with E-state index in [2.05, 4.69) is 20.4 Å². The fourth-order valence-electron chi connectivity index (χ4n) is 2.91. The Hall–Kier alpha value is -3.52. The second-order valence-electron chi connectivity index (χ2n) is 6.23. The summed E-state index contributed by atoms with van der Waals surface area (Å²) in [5, 5.41) is 6.80. The lowest BCUT2D eigenvalue weighted by Gasteiger charge is -2.08. The Kier molecular flexibility index (Phi) is 5.09. The normalized spacial score (nSPS) is 10.9. The lowest BCUT2D eigenvalue weighted by molar-refractivity contribution is 0.0950. The molecule has 1 amide bonds. The number of hydrogen-bond donors (Lipinski definition) is 1. The van der Waals surface area contributed by atoms with Crippen molar-refractivity contribution >= 4 is 17.5 Å². The predicted octanol–water partition coefficient (Wildman–Crippen LogP) is 3.95. The van der Waals surface area contributed by atoms with Crippen molar-refractivity contribution in [2.75, 3.05) is 0 Å². The van der Waals surface area contributed by atoms with Crippen LogP contribution in [0, 0.1) is 12.7 Å². The van der Waals surface area contributed by atoms with Gasteiger partial charge >= 0.3 is 0 Å². The van der Waals surface area contributed by atoms with Gasteiger partial charge in [0.25, 0.3) is 5.91 Å². The van der Waals surface area contributed by atoms with E-state index in [0.29, 0.717) is 5.82 Å². The summed E-state index contributed by atoms with van der Waals surface area (Å²) in [6.45, 7) is 1.82. The summed E-state index contributed by atoms with van der Waals surface area (Å²) in [6, 6.07) is 7.88. The highest BCUT2D eigenvalue weighted by Crippen LogP contribution is 2.33. The van der Waals surface area contributed by atoms with Crippen LogP contribution in [-0.2, 0) is 6.54 Å². The number of pyridine rings is 1. The number of aryl methyl sites for hydroxylation is 1. The Morgan fingerprint density at radius 1 is 1.31 bits per heavy atom. The minimum Gasteiger partial charge on any atom is -0.360 e. The SMILES string of the molecule is Cc1onc(-c2c(F)cccc2Cl)c1C(=O)NCc1ccnc(-n2ccnc2)c1. The Bertz CT molecular complexity index is 1150. The standard InChI is InChI=1S/C20H15ClFN5O2/c1-12-17(19(26-29-12)18-14(21)3-2-4-15(18)22)20(28)25-10-13-5-6-24-16(9-13)27-8-7-23-11-27/h2-9,11H,10H2,1H3,(H,25,28). The van der Waals surface area contributed by atoms with Crippen molar-refractivity contribution in [1.29, 1.82) is 0 Å². The summed E-state index contributed by atoms with van der Waals surface area (Å²) in [5.41, 5.74) is 1.07. The molecule has 3 heterocycles. The molecule has 3 aromatic heterocycles. The molecular weight excluding hydrogens is 397 g/mol. The average Bonchev–Trinajstić information content (AvgIpc) is 3.37. The van der Waals surface area contributed by atoms with E-state index in [9.17, 15) is 9.18 Å². The zero-order chi connectivity index (χ0) is 20.4. The minimum absolute atomic E-state index is 0.0301. The third kappa shape index (κ3) is 3.74. The molecule has 0 spiro atoms. The molecule has 0 radical (unpaired) electrons. The van der Waals surface area contributed by atoms with E-state index in [1.165, 1.54) is 18.2 Å². The zero-order valence-electron chi connectivity index (χ0n) is 15.3. The molecule has 9 heteroatoms. The van der Waals surface area contributed by atoms with Crippen molar-refractivity contribution in [1.82, 2.24) is 25.0 Å². The van der Waals surface area contributed by atoms with Crippen LogP contribution in [0.4, 0.5) is 4.39 Å². The summed E-state index contributed by atoms with van der Waals surface area (Å²) < 4.78 is 21.2. The molecule has 4 aromatic rings. The lowest BCUT2D eigenvalue weighted by atomic mass is 10.0. The molecule has 0 bridgehead atoms. The van der Waals surface area contributed by atoms with Crippen LogP contribution in [0.2, 0.25) is 5.02 Å².